The van der Waals surface area contributed by atoms with E-state index >= 15 is 0 Å². The van der Waals surface area contributed by atoms with Crippen molar-refractivity contribution in [3.63, 3.8) is 0 Å². The number of nitrogens with zero attached hydrogens (tertiary/aromatic N) is 1. The largest absolute Gasteiger partial charge is 0.462 e. The Kier molecular flexibility index (Phi) is 4.93. The molecule has 110 valence electrons. The normalized spacial score (nSPS) is 22.5. The highest BCUT2D eigenvalue weighted by Crippen LogP contribution is 2.35. The van der Waals surface area contributed by atoms with E-state index in [1.54, 1.807) is 6.92 Å². The lowest BCUT2D eigenvalue weighted by molar-refractivity contribution is 0.0523. The summed E-state index contributed by atoms with van der Waals surface area (Å²) in [7, 11) is 0. The number of esters is 1. The first kappa shape index (κ1) is 14.8. The number of ether oxygens (including phenoxy) is 1. The van der Waals surface area contributed by atoms with Gasteiger partial charge in [-0.25, -0.2) is 9.78 Å². The van der Waals surface area contributed by atoms with E-state index in [9.17, 15) is 9.59 Å². The van der Waals surface area contributed by atoms with Crippen LogP contribution in [0.2, 0.25) is 0 Å². The van der Waals surface area contributed by atoms with Gasteiger partial charge >= 0.3 is 5.97 Å². The molecule has 0 unspecified atom stereocenters. The van der Waals surface area contributed by atoms with Crippen LogP contribution in [0.15, 0.2) is 11.0 Å². The smallest absolute Gasteiger partial charge is 0.345 e. The molecule has 5 heteroatoms. The van der Waals surface area contributed by atoms with E-state index in [1.807, 2.05) is 0 Å². The number of hydrogen-bond acceptors (Lipinski definition) is 4. The van der Waals surface area contributed by atoms with Gasteiger partial charge in [-0.3, -0.25) is 4.79 Å². The quantitative estimate of drug-likeness (QED) is 0.859. The molecule has 2 rings (SSSR count). The van der Waals surface area contributed by atoms with Gasteiger partial charge in [0.25, 0.3) is 5.56 Å². The minimum atomic E-state index is -0.609. The minimum Gasteiger partial charge on any atom is -0.462 e. The topological polar surface area (TPSA) is 72.0 Å². The van der Waals surface area contributed by atoms with Crippen LogP contribution in [0.5, 0.6) is 0 Å². The van der Waals surface area contributed by atoms with Gasteiger partial charge in [0.1, 0.15) is 11.4 Å². The molecule has 0 aromatic carbocycles. The minimum absolute atomic E-state index is 0.0159. The fourth-order valence-corrected chi connectivity index (χ4v) is 2.81. The van der Waals surface area contributed by atoms with Gasteiger partial charge in [-0.2, -0.15) is 0 Å². The van der Waals surface area contributed by atoms with Crippen molar-refractivity contribution in [1.82, 2.24) is 9.97 Å². The molecule has 1 heterocycles. The number of aromatic nitrogens is 2. The first-order valence-corrected chi connectivity index (χ1v) is 7.42. The number of rotatable bonds is 4. The number of H-pyrrole nitrogens is 1. The van der Waals surface area contributed by atoms with E-state index in [-0.39, 0.29) is 12.2 Å². The van der Waals surface area contributed by atoms with E-state index in [4.69, 9.17) is 4.74 Å². The molecule has 0 radical (unpaired) electrons. The third-order valence-electron chi connectivity index (χ3n) is 4.13. The second-order valence-corrected chi connectivity index (χ2v) is 5.36. The van der Waals surface area contributed by atoms with Crippen molar-refractivity contribution >= 4 is 5.97 Å². The van der Waals surface area contributed by atoms with Crippen LogP contribution in [-0.4, -0.2) is 22.5 Å². The molecule has 0 atom stereocenters. The Bertz CT molecular complexity index is 516. The Morgan fingerprint density at radius 3 is 2.60 bits per heavy atom. The summed E-state index contributed by atoms with van der Waals surface area (Å²) >= 11 is 0. The summed E-state index contributed by atoms with van der Waals surface area (Å²) in [4.78, 5) is 30.5. The zero-order chi connectivity index (χ0) is 14.5. The number of nitrogens with one attached hydrogen (secondary N) is 1. The highest BCUT2D eigenvalue weighted by molar-refractivity contribution is 5.88. The van der Waals surface area contributed by atoms with Gasteiger partial charge < -0.3 is 9.72 Å². The fraction of sp³-hybridized carbons (Fsp3) is 0.667. The Labute approximate surface area is 118 Å². The molecule has 1 N–H and O–H groups in total. The third-order valence-corrected chi connectivity index (χ3v) is 4.13. The van der Waals surface area contributed by atoms with E-state index in [1.165, 1.54) is 25.5 Å². The molecule has 1 aromatic rings. The number of hydrogen-bond donors (Lipinski definition) is 1. The second-order valence-electron chi connectivity index (χ2n) is 5.36. The maximum atomic E-state index is 11.9. The molecular weight excluding hydrogens is 256 g/mol. The molecule has 1 aliphatic carbocycles. The van der Waals surface area contributed by atoms with Crippen LogP contribution in [0.25, 0.3) is 0 Å². The van der Waals surface area contributed by atoms with E-state index in [0.717, 1.165) is 18.8 Å². The molecule has 0 bridgehead atoms. The average molecular weight is 278 g/mol. The summed E-state index contributed by atoms with van der Waals surface area (Å²) in [6.07, 6.45) is 7.05. The molecular formula is C15H22N2O3. The van der Waals surface area contributed by atoms with E-state index < -0.39 is 11.5 Å². The zero-order valence-corrected chi connectivity index (χ0v) is 12.1. The second kappa shape index (κ2) is 6.68. The van der Waals surface area contributed by atoms with Gasteiger partial charge in [0.15, 0.2) is 0 Å². The van der Waals surface area contributed by atoms with Crippen LogP contribution in [0.4, 0.5) is 0 Å². The summed E-state index contributed by atoms with van der Waals surface area (Å²) in [5, 5.41) is 0. The lowest BCUT2D eigenvalue weighted by Crippen LogP contribution is -2.24. The average Bonchev–Trinajstić information content (AvgIpc) is 2.47. The first-order valence-electron chi connectivity index (χ1n) is 7.42. The molecule has 20 heavy (non-hydrogen) atoms. The molecule has 0 spiro atoms. The highest BCUT2D eigenvalue weighted by atomic mass is 16.5. The summed E-state index contributed by atoms with van der Waals surface area (Å²) in [5.74, 6) is 1.21. The number of carbonyl (C=O) groups is 1. The lowest BCUT2D eigenvalue weighted by atomic mass is 9.80. The first-order chi connectivity index (χ1) is 9.65. The molecule has 0 saturated heterocycles. The van der Waals surface area contributed by atoms with Crippen molar-refractivity contribution in [2.75, 3.05) is 6.61 Å². The van der Waals surface area contributed by atoms with Crippen molar-refractivity contribution in [2.24, 2.45) is 5.92 Å². The molecule has 0 amide bonds. The highest BCUT2D eigenvalue weighted by Gasteiger charge is 2.23. The third kappa shape index (κ3) is 3.26. The Morgan fingerprint density at radius 2 is 2.05 bits per heavy atom. The molecule has 1 saturated carbocycles. The number of carbonyl (C=O) groups excluding carboxylic acids is 1. The van der Waals surface area contributed by atoms with Gasteiger partial charge in [0.05, 0.1) is 6.61 Å². The van der Waals surface area contributed by atoms with Gasteiger partial charge in [-0.1, -0.05) is 13.3 Å². The molecule has 1 fully saturated rings. The predicted molar refractivity (Wildman–Crippen MR) is 75.8 cm³/mol. The molecule has 0 aliphatic heterocycles. The van der Waals surface area contributed by atoms with Gasteiger partial charge in [0, 0.05) is 12.1 Å². The van der Waals surface area contributed by atoms with Crippen LogP contribution in [-0.2, 0) is 4.74 Å². The van der Waals surface area contributed by atoms with Crippen LogP contribution < -0.4 is 5.56 Å². The summed E-state index contributed by atoms with van der Waals surface area (Å²) in [6, 6.07) is 0. The van der Waals surface area contributed by atoms with Crippen molar-refractivity contribution in [2.45, 2.75) is 51.9 Å². The Balaban J connectivity index is 2.10. The molecule has 1 aromatic heterocycles. The fourth-order valence-electron chi connectivity index (χ4n) is 2.81. The Hall–Kier alpha value is -1.65. The maximum Gasteiger partial charge on any atom is 0.345 e. The molecule has 1 aliphatic rings. The van der Waals surface area contributed by atoms with Crippen molar-refractivity contribution in [1.29, 1.82) is 0 Å². The monoisotopic (exact) mass is 278 g/mol. The van der Waals surface area contributed by atoms with Crippen LogP contribution in [0.3, 0.4) is 0 Å². The summed E-state index contributed by atoms with van der Waals surface area (Å²) in [6.45, 7) is 4.18. The number of aromatic amines is 1. The summed E-state index contributed by atoms with van der Waals surface area (Å²) in [5.41, 5.74) is -0.413. The van der Waals surface area contributed by atoms with Crippen LogP contribution in [0, 0.1) is 5.92 Å². The van der Waals surface area contributed by atoms with Gasteiger partial charge in [-0.15, -0.1) is 0 Å². The van der Waals surface area contributed by atoms with Gasteiger partial charge in [0.2, 0.25) is 0 Å². The van der Waals surface area contributed by atoms with E-state index in [0.29, 0.717) is 11.7 Å². The predicted octanol–water partition coefficient (Wildman–Crippen LogP) is 2.63. The SMILES string of the molecule is CCOC(=O)c1cnc(C2CCC(CC)CC2)[nH]c1=O. The maximum absolute atomic E-state index is 11.9. The molecule has 5 nitrogen and oxygen atoms in total. The lowest BCUT2D eigenvalue weighted by Gasteiger charge is -2.26. The Morgan fingerprint density at radius 1 is 1.35 bits per heavy atom. The summed E-state index contributed by atoms with van der Waals surface area (Å²) < 4.78 is 4.82. The standard InChI is InChI=1S/C15H22N2O3/c1-3-10-5-7-11(8-6-10)13-16-9-12(14(18)17-13)15(19)20-4-2/h9-11H,3-8H2,1-2H3,(H,16,17,18). The van der Waals surface area contributed by atoms with Crippen molar-refractivity contribution in [3.05, 3.63) is 27.9 Å². The van der Waals surface area contributed by atoms with Crippen LogP contribution in [0.1, 0.15) is 68.1 Å². The van der Waals surface area contributed by atoms with Crippen molar-refractivity contribution in [3.8, 4) is 0 Å². The van der Waals surface area contributed by atoms with Crippen molar-refractivity contribution < 1.29 is 9.53 Å². The zero-order valence-electron chi connectivity index (χ0n) is 12.1. The van der Waals surface area contributed by atoms with Crippen LogP contribution >= 0.6 is 0 Å². The van der Waals surface area contributed by atoms with E-state index in [2.05, 4.69) is 16.9 Å². The van der Waals surface area contributed by atoms with Gasteiger partial charge in [-0.05, 0) is 38.5 Å².